The zero-order valence-electron chi connectivity index (χ0n) is 17.0. The van der Waals surface area contributed by atoms with Gasteiger partial charge in [0.15, 0.2) is 0 Å². The van der Waals surface area contributed by atoms with E-state index in [-0.39, 0.29) is 5.69 Å². The molecule has 154 valence electrons. The Morgan fingerprint density at radius 1 is 0.812 bits per heavy atom. The van der Waals surface area contributed by atoms with Gasteiger partial charge in [-0.1, -0.05) is 35.9 Å². The predicted molar refractivity (Wildman–Crippen MR) is 127 cm³/mol. The Kier molecular flexibility index (Phi) is 4.10. The van der Waals surface area contributed by atoms with E-state index >= 15 is 0 Å². The fourth-order valence-electron chi connectivity index (χ4n) is 4.15. The number of imidazole rings is 1. The van der Waals surface area contributed by atoms with Gasteiger partial charge in [-0.3, -0.25) is 19.1 Å². The Hall–Kier alpha value is -4.03. The first-order chi connectivity index (χ1) is 15.6. The van der Waals surface area contributed by atoms with Gasteiger partial charge in [-0.15, -0.1) is 0 Å². The fourth-order valence-corrected chi connectivity index (χ4v) is 4.26. The second kappa shape index (κ2) is 7.00. The maximum atomic E-state index is 13.1. The van der Waals surface area contributed by atoms with Crippen molar-refractivity contribution in [3.05, 3.63) is 94.9 Å². The van der Waals surface area contributed by atoms with Gasteiger partial charge in [-0.2, -0.15) is 0 Å². The van der Waals surface area contributed by atoms with Crippen LogP contribution in [0.1, 0.15) is 0 Å². The van der Waals surface area contributed by atoms with Crippen LogP contribution in [-0.4, -0.2) is 24.1 Å². The number of nitrogens with zero attached hydrogens (tertiary/aromatic N) is 5. The molecule has 0 radical (unpaired) electrons. The molecule has 0 aliphatic carbocycles. The van der Waals surface area contributed by atoms with E-state index < -0.39 is 0 Å². The van der Waals surface area contributed by atoms with E-state index in [0.29, 0.717) is 10.8 Å². The summed E-state index contributed by atoms with van der Waals surface area (Å²) in [4.78, 5) is 26.5. The molecule has 0 amide bonds. The molecular weight excluding hydrogens is 422 g/mol. The van der Waals surface area contributed by atoms with Gasteiger partial charge in [-0.25, -0.2) is 9.78 Å². The Labute approximate surface area is 187 Å². The highest BCUT2D eigenvalue weighted by molar-refractivity contribution is 6.29. The molecule has 0 bridgehead atoms. The molecule has 0 saturated carbocycles. The molecule has 32 heavy (non-hydrogen) atoms. The maximum absolute atomic E-state index is 13.1. The minimum Gasteiger partial charge on any atom is -0.293 e. The lowest BCUT2D eigenvalue weighted by Gasteiger charge is -2.08. The molecule has 0 N–H and O–H groups in total. The second-order valence-corrected chi connectivity index (χ2v) is 8.04. The van der Waals surface area contributed by atoms with E-state index in [4.69, 9.17) is 11.6 Å². The number of aryl methyl sites for hydroxylation is 1. The minimum atomic E-state index is -0.170. The summed E-state index contributed by atoms with van der Waals surface area (Å²) in [6.45, 7) is 0. The second-order valence-electron chi connectivity index (χ2n) is 7.66. The lowest BCUT2D eigenvalue weighted by molar-refractivity contribution is 0.844. The number of hydrogen-bond acceptors (Lipinski definition) is 4. The summed E-state index contributed by atoms with van der Waals surface area (Å²) in [6.07, 6.45) is 5.21. The first-order valence-corrected chi connectivity index (χ1v) is 10.5. The Morgan fingerprint density at radius 2 is 1.66 bits per heavy atom. The fraction of sp³-hybridized carbons (Fsp3) is 0.0400. The summed E-state index contributed by atoms with van der Waals surface area (Å²) in [7, 11) is 1.75. The van der Waals surface area contributed by atoms with Crippen LogP contribution in [0, 0.1) is 0 Å². The quantitative estimate of drug-likeness (QED) is 0.352. The normalized spacial score (nSPS) is 11.6. The highest BCUT2D eigenvalue weighted by Crippen LogP contribution is 2.30. The van der Waals surface area contributed by atoms with Gasteiger partial charge in [0, 0.05) is 29.6 Å². The molecule has 0 spiro atoms. The van der Waals surface area contributed by atoms with E-state index in [9.17, 15) is 4.79 Å². The van der Waals surface area contributed by atoms with Crippen LogP contribution < -0.4 is 5.69 Å². The first-order valence-electron chi connectivity index (χ1n) is 10.1. The van der Waals surface area contributed by atoms with Gasteiger partial charge < -0.3 is 0 Å². The van der Waals surface area contributed by atoms with Crippen molar-refractivity contribution in [2.75, 3.05) is 0 Å². The number of aromatic nitrogens is 5. The Bertz CT molecular complexity index is 1720. The van der Waals surface area contributed by atoms with E-state index in [2.05, 4.69) is 33.2 Å². The molecular formula is C25H16ClN5O. The summed E-state index contributed by atoms with van der Waals surface area (Å²) < 4.78 is 3.26. The molecule has 0 unspecified atom stereocenters. The number of pyridine rings is 3. The van der Waals surface area contributed by atoms with Crippen LogP contribution in [0.25, 0.3) is 49.7 Å². The topological polar surface area (TPSA) is 65.6 Å². The number of halogens is 1. The number of hydrogen-bond donors (Lipinski definition) is 0. The summed E-state index contributed by atoms with van der Waals surface area (Å²) in [6, 6.07) is 19.7. The highest BCUT2D eigenvalue weighted by Gasteiger charge is 2.17. The first kappa shape index (κ1) is 18.7. The summed E-state index contributed by atoms with van der Waals surface area (Å²) in [5.74, 6) is 0. The lowest BCUT2D eigenvalue weighted by Crippen LogP contribution is -2.20. The monoisotopic (exact) mass is 437 g/mol. The van der Waals surface area contributed by atoms with Crippen molar-refractivity contribution >= 4 is 44.4 Å². The van der Waals surface area contributed by atoms with Crippen LogP contribution in [0.3, 0.4) is 0 Å². The third-order valence-corrected chi connectivity index (χ3v) is 6.00. The Balaban J connectivity index is 1.66. The largest absolute Gasteiger partial charge is 0.333 e. The molecule has 6 rings (SSSR count). The van der Waals surface area contributed by atoms with E-state index in [1.165, 1.54) is 0 Å². The van der Waals surface area contributed by atoms with Gasteiger partial charge in [-0.05, 0) is 42.0 Å². The molecule has 0 aliphatic rings. The summed E-state index contributed by atoms with van der Waals surface area (Å²) in [5.41, 5.74) is 5.76. The number of fused-ring (bicyclic) bond motifs is 4. The van der Waals surface area contributed by atoms with Crippen molar-refractivity contribution < 1.29 is 0 Å². The van der Waals surface area contributed by atoms with Crippen LogP contribution >= 0.6 is 11.6 Å². The molecule has 0 saturated heterocycles. The zero-order chi connectivity index (χ0) is 21.8. The minimum absolute atomic E-state index is 0.170. The van der Waals surface area contributed by atoms with Crippen LogP contribution in [-0.2, 0) is 7.05 Å². The van der Waals surface area contributed by atoms with Gasteiger partial charge >= 0.3 is 5.69 Å². The van der Waals surface area contributed by atoms with Gasteiger partial charge in [0.1, 0.15) is 5.15 Å². The molecule has 0 aliphatic heterocycles. The van der Waals surface area contributed by atoms with E-state index in [1.807, 2.05) is 36.5 Å². The van der Waals surface area contributed by atoms with Crippen molar-refractivity contribution in [1.82, 2.24) is 24.1 Å². The molecule has 0 atom stereocenters. The average Bonchev–Trinajstić information content (AvgIpc) is 3.09. The molecule has 7 heteroatoms. The van der Waals surface area contributed by atoms with Crippen LogP contribution in [0.4, 0.5) is 0 Å². The van der Waals surface area contributed by atoms with E-state index in [0.717, 1.165) is 44.0 Å². The average molecular weight is 438 g/mol. The van der Waals surface area contributed by atoms with Gasteiger partial charge in [0.25, 0.3) is 0 Å². The molecule has 2 aromatic carbocycles. The van der Waals surface area contributed by atoms with Crippen LogP contribution in [0.5, 0.6) is 0 Å². The van der Waals surface area contributed by atoms with Crippen LogP contribution in [0.15, 0.2) is 84.0 Å². The molecule has 0 fully saturated rings. The standard InChI is InChI=1S/C25H16ClN5O/c1-30-22-14-28-21-8-6-15(17-10-16-4-2-3-5-20(16)27-12-17)11-19(21)24(22)31(25(30)32)18-7-9-23(26)29-13-18/h2-14H,1H3. The number of benzene rings is 2. The van der Waals surface area contributed by atoms with Gasteiger partial charge in [0.2, 0.25) is 0 Å². The number of rotatable bonds is 2. The highest BCUT2D eigenvalue weighted by atomic mass is 35.5. The Morgan fingerprint density at radius 3 is 2.50 bits per heavy atom. The summed E-state index contributed by atoms with van der Waals surface area (Å²) >= 11 is 5.97. The molecule has 4 aromatic heterocycles. The zero-order valence-corrected chi connectivity index (χ0v) is 17.8. The van der Waals surface area contributed by atoms with E-state index in [1.54, 1.807) is 40.7 Å². The molecule has 4 heterocycles. The predicted octanol–water partition coefficient (Wildman–Crippen LogP) is 5.14. The third-order valence-electron chi connectivity index (χ3n) is 5.78. The van der Waals surface area contributed by atoms with Crippen LogP contribution in [0.2, 0.25) is 5.15 Å². The maximum Gasteiger partial charge on any atom is 0.333 e. The van der Waals surface area contributed by atoms with Crippen molar-refractivity contribution in [1.29, 1.82) is 0 Å². The molecule has 6 nitrogen and oxygen atoms in total. The third kappa shape index (κ3) is 2.81. The lowest BCUT2D eigenvalue weighted by atomic mass is 10.0. The van der Waals surface area contributed by atoms with Crippen molar-refractivity contribution in [2.45, 2.75) is 0 Å². The smallest absolute Gasteiger partial charge is 0.293 e. The van der Waals surface area contributed by atoms with Gasteiger partial charge in [0.05, 0.1) is 40.1 Å². The van der Waals surface area contributed by atoms with Crippen molar-refractivity contribution in [2.24, 2.45) is 7.05 Å². The van der Waals surface area contributed by atoms with Crippen molar-refractivity contribution in [3.63, 3.8) is 0 Å². The number of para-hydroxylation sites is 1. The van der Waals surface area contributed by atoms with Crippen molar-refractivity contribution in [3.8, 4) is 16.8 Å². The summed E-state index contributed by atoms with van der Waals surface area (Å²) in [5, 5.41) is 2.32. The SMILES string of the molecule is Cn1c(=O)n(-c2ccc(Cl)nc2)c2c3cc(-c4cnc5ccccc5c4)ccc3ncc21. The molecule has 6 aromatic rings.